The molecule has 4 rings (SSSR count). The molecule has 0 spiro atoms. The molecule has 1 unspecified atom stereocenters. The van der Waals surface area contributed by atoms with E-state index in [0.29, 0.717) is 11.4 Å². The maximum absolute atomic E-state index is 13.2. The zero-order chi connectivity index (χ0) is 17.5. The fourth-order valence-electron chi connectivity index (χ4n) is 3.37. The second-order valence-electron chi connectivity index (χ2n) is 6.42. The van der Waals surface area contributed by atoms with Crippen LogP contribution in [0.25, 0.3) is 0 Å². The monoisotopic (exact) mass is 349 g/mol. The highest BCUT2D eigenvalue weighted by Gasteiger charge is 2.61. The highest BCUT2D eigenvalue weighted by atomic mass is 32.2. The van der Waals surface area contributed by atoms with Crippen molar-refractivity contribution in [2.45, 2.75) is 17.4 Å². The summed E-state index contributed by atoms with van der Waals surface area (Å²) in [5.74, 6) is 0. The first-order valence-electron chi connectivity index (χ1n) is 8.26. The van der Waals surface area contributed by atoms with Gasteiger partial charge >= 0.3 is 0 Å². The van der Waals surface area contributed by atoms with E-state index in [1.807, 2.05) is 79.7 Å². The van der Waals surface area contributed by atoms with Gasteiger partial charge in [0.2, 0.25) is 10.0 Å². The molecule has 1 aliphatic rings. The smallest absolute Gasteiger partial charge is 0.207 e. The first kappa shape index (κ1) is 16.1. The molecule has 3 aromatic carbocycles. The van der Waals surface area contributed by atoms with E-state index in [-0.39, 0.29) is 0 Å². The van der Waals surface area contributed by atoms with E-state index < -0.39 is 15.6 Å². The lowest BCUT2D eigenvalue weighted by atomic mass is 9.91. The van der Waals surface area contributed by atoms with E-state index in [4.69, 9.17) is 0 Å². The molecule has 1 fully saturated rings. The molecule has 1 heterocycles. The van der Waals surface area contributed by atoms with Gasteiger partial charge in [0, 0.05) is 6.54 Å². The van der Waals surface area contributed by atoms with Crippen LogP contribution in [0.3, 0.4) is 0 Å². The summed E-state index contributed by atoms with van der Waals surface area (Å²) in [4.78, 5) is 0.340. The van der Waals surface area contributed by atoms with Gasteiger partial charge in [-0.3, -0.25) is 0 Å². The predicted octanol–water partition coefficient (Wildman–Crippen LogP) is 3.94. The number of aryl methyl sites for hydroxylation is 1. The Labute approximate surface area is 148 Å². The Morgan fingerprint density at radius 1 is 0.760 bits per heavy atom. The van der Waals surface area contributed by atoms with E-state index in [2.05, 4.69) is 0 Å². The third kappa shape index (κ3) is 2.58. The van der Waals surface area contributed by atoms with Crippen molar-refractivity contribution in [3.63, 3.8) is 0 Å². The van der Waals surface area contributed by atoms with Gasteiger partial charge in [-0.25, -0.2) is 8.42 Å². The Hall–Kier alpha value is -2.43. The van der Waals surface area contributed by atoms with Crippen LogP contribution in [0.5, 0.6) is 0 Å². The first-order valence-corrected chi connectivity index (χ1v) is 9.70. The Morgan fingerprint density at radius 3 is 1.72 bits per heavy atom. The fourth-order valence-corrected chi connectivity index (χ4v) is 5.08. The van der Waals surface area contributed by atoms with E-state index >= 15 is 0 Å². The van der Waals surface area contributed by atoms with Crippen LogP contribution < -0.4 is 0 Å². The number of nitrogens with zero attached hydrogens (tertiary/aromatic N) is 1. The van der Waals surface area contributed by atoms with Crippen LogP contribution in [0.2, 0.25) is 0 Å². The molecule has 1 saturated heterocycles. The van der Waals surface area contributed by atoms with Crippen LogP contribution in [0.4, 0.5) is 0 Å². The molecule has 25 heavy (non-hydrogen) atoms. The normalized spacial score (nSPS) is 18.7. The van der Waals surface area contributed by atoms with E-state index in [0.717, 1.165) is 16.7 Å². The van der Waals surface area contributed by atoms with E-state index in [9.17, 15) is 8.42 Å². The summed E-state index contributed by atoms with van der Waals surface area (Å²) in [6.45, 7) is 2.41. The van der Waals surface area contributed by atoms with Crippen LogP contribution in [0.1, 0.15) is 16.7 Å². The standard InChI is InChI=1S/C21H19NO2S/c1-17-12-14-20(15-13-17)25(23,24)22-16-21(22,18-8-4-2-5-9-18)19-10-6-3-7-11-19/h2-15H,16H2,1H3. The summed E-state index contributed by atoms with van der Waals surface area (Å²) in [6.07, 6.45) is 0. The fraction of sp³-hybridized carbons (Fsp3) is 0.143. The van der Waals surface area contributed by atoms with Crippen molar-refractivity contribution in [2.24, 2.45) is 0 Å². The van der Waals surface area contributed by atoms with Crippen LogP contribution in [-0.2, 0) is 15.6 Å². The minimum atomic E-state index is -3.55. The second-order valence-corrected chi connectivity index (χ2v) is 8.28. The molecule has 0 aliphatic carbocycles. The summed E-state index contributed by atoms with van der Waals surface area (Å²) in [7, 11) is -3.55. The minimum absolute atomic E-state index is 0.340. The quantitative estimate of drug-likeness (QED) is 0.669. The van der Waals surface area contributed by atoms with Gasteiger partial charge in [0.1, 0.15) is 0 Å². The number of hydrogen-bond acceptors (Lipinski definition) is 2. The van der Waals surface area contributed by atoms with Gasteiger partial charge in [-0.05, 0) is 30.2 Å². The Balaban J connectivity index is 1.83. The first-order chi connectivity index (χ1) is 12.0. The van der Waals surface area contributed by atoms with Gasteiger partial charge < -0.3 is 0 Å². The van der Waals surface area contributed by atoms with E-state index in [1.165, 1.54) is 0 Å². The average Bonchev–Trinajstić information content (AvgIpc) is 3.42. The van der Waals surface area contributed by atoms with Gasteiger partial charge in [-0.2, -0.15) is 4.31 Å². The molecule has 0 aromatic heterocycles. The SMILES string of the molecule is Cc1ccc(S(=O)(=O)N2CC2(c2ccccc2)c2ccccc2)cc1. The van der Waals surface area contributed by atoms with Crippen molar-refractivity contribution in [1.29, 1.82) is 0 Å². The number of sulfonamides is 1. The molecular formula is C21H19NO2S. The second kappa shape index (κ2) is 5.83. The maximum atomic E-state index is 13.2. The van der Waals surface area contributed by atoms with Crippen molar-refractivity contribution in [2.75, 3.05) is 6.54 Å². The van der Waals surface area contributed by atoms with E-state index in [1.54, 1.807) is 16.4 Å². The maximum Gasteiger partial charge on any atom is 0.244 e. The zero-order valence-electron chi connectivity index (χ0n) is 14.0. The van der Waals surface area contributed by atoms with Gasteiger partial charge in [0.15, 0.2) is 0 Å². The lowest BCUT2D eigenvalue weighted by molar-refractivity contribution is 0.534. The largest absolute Gasteiger partial charge is 0.244 e. The zero-order valence-corrected chi connectivity index (χ0v) is 14.8. The van der Waals surface area contributed by atoms with Crippen LogP contribution >= 0.6 is 0 Å². The molecule has 3 nitrogen and oxygen atoms in total. The van der Waals surface area contributed by atoms with Crippen molar-refractivity contribution >= 4 is 10.0 Å². The van der Waals surface area contributed by atoms with Crippen LogP contribution in [-0.4, -0.2) is 19.3 Å². The van der Waals surface area contributed by atoms with Gasteiger partial charge in [0.25, 0.3) is 0 Å². The van der Waals surface area contributed by atoms with Crippen LogP contribution in [0.15, 0.2) is 89.8 Å². The minimum Gasteiger partial charge on any atom is -0.207 e. The van der Waals surface area contributed by atoms with Gasteiger partial charge in [-0.15, -0.1) is 0 Å². The molecule has 0 bridgehead atoms. The summed E-state index contributed by atoms with van der Waals surface area (Å²) >= 11 is 0. The number of benzene rings is 3. The molecular weight excluding hydrogens is 330 g/mol. The summed E-state index contributed by atoms with van der Waals surface area (Å²) in [5, 5.41) is 0. The molecule has 126 valence electrons. The Morgan fingerprint density at radius 2 is 1.24 bits per heavy atom. The van der Waals surface area contributed by atoms with Gasteiger partial charge in [0.05, 0.1) is 10.4 Å². The molecule has 0 amide bonds. The molecule has 0 radical (unpaired) electrons. The lowest BCUT2D eigenvalue weighted by Gasteiger charge is -2.19. The molecule has 3 aromatic rings. The summed E-state index contributed by atoms with van der Waals surface area (Å²) in [6, 6.07) is 26.7. The number of hydrogen-bond donors (Lipinski definition) is 0. The summed E-state index contributed by atoms with van der Waals surface area (Å²) < 4.78 is 28.0. The molecule has 4 heteroatoms. The molecule has 0 N–H and O–H groups in total. The van der Waals surface area contributed by atoms with Crippen molar-refractivity contribution < 1.29 is 8.42 Å². The van der Waals surface area contributed by atoms with Crippen molar-refractivity contribution in [3.05, 3.63) is 102 Å². The highest BCUT2D eigenvalue weighted by molar-refractivity contribution is 7.89. The van der Waals surface area contributed by atoms with Crippen molar-refractivity contribution in [1.82, 2.24) is 4.31 Å². The number of rotatable bonds is 4. The Kier molecular flexibility index (Phi) is 3.74. The lowest BCUT2D eigenvalue weighted by Crippen LogP contribution is -2.23. The third-order valence-electron chi connectivity index (χ3n) is 4.81. The van der Waals surface area contributed by atoms with Crippen LogP contribution in [0, 0.1) is 6.92 Å². The van der Waals surface area contributed by atoms with Crippen molar-refractivity contribution in [3.8, 4) is 0 Å². The highest BCUT2D eigenvalue weighted by Crippen LogP contribution is 2.51. The average molecular weight is 349 g/mol. The molecule has 0 saturated carbocycles. The third-order valence-corrected chi connectivity index (χ3v) is 6.70. The molecule has 1 atom stereocenters. The topological polar surface area (TPSA) is 37.1 Å². The van der Waals surface area contributed by atoms with Gasteiger partial charge in [-0.1, -0.05) is 78.4 Å². The molecule has 1 aliphatic heterocycles. The summed E-state index contributed by atoms with van der Waals surface area (Å²) in [5.41, 5.74) is 2.42. The predicted molar refractivity (Wildman–Crippen MR) is 98.7 cm³/mol. The Bertz CT molecular complexity index is 942.